The molecule has 0 radical (unpaired) electrons. The molecule has 2 aromatic rings. The Kier molecular flexibility index (Phi) is 3.92. The summed E-state index contributed by atoms with van der Waals surface area (Å²) in [6, 6.07) is 9.83. The topological polar surface area (TPSA) is 59.1 Å². The number of pyridine rings is 1. The first kappa shape index (κ1) is 13.2. The number of carbonyl (C=O) groups excluding carboxylic acids is 2. The van der Waals surface area contributed by atoms with Crippen LogP contribution in [0.25, 0.3) is 0 Å². The van der Waals surface area contributed by atoms with Crippen molar-refractivity contribution in [2.24, 2.45) is 0 Å². The molecule has 1 aromatic carbocycles. The van der Waals surface area contributed by atoms with Gasteiger partial charge in [0.25, 0.3) is 5.91 Å². The van der Waals surface area contributed by atoms with Gasteiger partial charge in [-0.3, -0.25) is 9.59 Å². The van der Waals surface area contributed by atoms with Crippen LogP contribution in [0.3, 0.4) is 0 Å². The van der Waals surface area contributed by atoms with Crippen LogP contribution in [0, 0.1) is 0 Å². The number of rotatable bonds is 3. The van der Waals surface area contributed by atoms with Crippen molar-refractivity contribution in [2.75, 3.05) is 5.32 Å². The molecule has 0 bridgehead atoms. The molecule has 96 valence electrons. The van der Waals surface area contributed by atoms with E-state index in [1.54, 1.807) is 36.4 Å². The van der Waals surface area contributed by atoms with Crippen LogP contribution in [-0.4, -0.2) is 16.7 Å². The van der Waals surface area contributed by atoms with Crippen LogP contribution in [0.15, 0.2) is 42.6 Å². The highest BCUT2D eigenvalue weighted by molar-refractivity contribution is 6.29. The van der Waals surface area contributed by atoms with Crippen molar-refractivity contribution in [3.05, 3.63) is 58.9 Å². The van der Waals surface area contributed by atoms with E-state index in [0.717, 1.165) is 0 Å². The van der Waals surface area contributed by atoms with Gasteiger partial charge in [0.15, 0.2) is 5.78 Å². The maximum absolute atomic E-state index is 11.9. The minimum atomic E-state index is -0.278. The normalized spacial score (nSPS) is 10.0. The number of hydrogen-bond acceptors (Lipinski definition) is 3. The molecule has 1 amide bonds. The number of hydrogen-bond donors (Lipinski definition) is 1. The van der Waals surface area contributed by atoms with E-state index in [9.17, 15) is 9.59 Å². The first-order chi connectivity index (χ1) is 9.06. The van der Waals surface area contributed by atoms with E-state index < -0.39 is 0 Å². The third-order valence-corrected chi connectivity index (χ3v) is 2.76. The average Bonchev–Trinajstić information content (AvgIpc) is 2.40. The number of carbonyl (C=O) groups is 2. The SMILES string of the molecule is CC(=O)c1ccc(NC(=O)c2ccc(Cl)nc2)cc1. The number of Topliss-reactive ketones (excluding diaryl/α,β-unsaturated/α-hetero) is 1. The molecule has 0 saturated heterocycles. The van der Waals surface area contributed by atoms with Crippen LogP contribution in [0.2, 0.25) is 5.15 Å². The minimum Gasteiger partial charge on any atom is -0.322 e. The zero-order valence-electron chi connectivity index (χ0n) is 10.2. The summed E-state index contributed by atoms with van der Waals surface area (Å²) in [5.41, 5.74) is 1.64. The Balaban J connectivity index is 2.10. The van der Waals surface area contributed by atoms with Crippen LogP contribution in [-0.2, 0) is 0 Å². The Hall–Kier alpha value is -2.20. The summed E-state index contributed by atoms with van der Waals surface area (Å²) < 4.78 is 0. The highest BCUT2D eigenvalue weighted by Crippen LogP contribution is 2.12. The smallest absolute Gasteiger partial charge is 0.257 e. The van der Waals surface area contributed by atoms with Gasteiger partial charge in [0.05, 0.1) is 5.56 Å². The molecule has 0 unspecified atom stereocenters. The molecule has 1 N–H and O–H groups in total. The van der Waals surface area contributed by atoms with Gasteiger partial charge >= 0.3 is 0 Å². The molecule has 0 aliphatic carbocycles. The third kappa shape index (κ3) is 3.39. The first-order valence-corrected chi connectivity index (χ1v) is 5.98. The standard InChI is InChI=1S/C14H11ClN2O2/c1-9(18)10-2-5-12(6-3-10)17-14(19)11-4-7-13(15)16-8-11/h2-8H,1H3,(H,17,19). The van der Waals surface area contributed by atoms with Crippen molar-refractivity contribution in [1.29, 1.82) is 0 Å². The fraction of sp³-hybridized carbons (Fsp3) is 0.0714. The fourth-order valence-electron chi connectivity index (χ4n) is 1.50. The molecule has 5 heteroatoms. The molecule has 1 heterocycles. The van der Waals surface area contributed by atoms with E-state index in [0.29, 0.717) is 22.0 Å². The van der Waals surface area contributed by atoms with Crippen LogP contribution < -0.4 is 5.32 Å². The van der Waals surface area contributed by atoms with Gasteiger partial charge in [-0.25, -0.2) is 4.98 Å². The van der Waals surface area contributed by atoms with E-state index in [-0.39, 0.29) is 11.7 Å². The van der Waals surface area contributed by atoms with Gasteiger partial charge in [-0.1, -0.05) is 11.6 Å². The monoisotopic (exact) mass is 274 g/mol. The number of aromatic nitrogens is 1. The summed E-state index contributed by atoms with van der Waals surface area (Å²) in [7, 11) is 0. The predicted octanol–water partition coefficient (Wildman–Crippen LogP) is 3.19. The van der Waals surface area contributed by atoms with Crippen molar-refractivity contribution in [2.45, 2.75) is 6.92 Å². The van der Waals surface area contributed by atoms with Crippen LogP contribution >= 0.6 is 11.6 Å². The lowest BCUT2D eigenvalue weighted by Crippen LogP contribution is -2.12. The second kappa shape index (κ2) is 5.63. The van der Waals surface area contributed by atoms with E-state index >= 15 is 0 Å². The Labute approximate surface area is 115 Å². The summed E-state index contributed by atoms with van der Waals surface area (Å²) in [6.45, 7) is 1.49. The molecule has 2 rings (SSSR count). The maximum Gasteiger partial charge on any atom is 0.257 e. The van der Waals surface area contributed by atoms with Crippen LogP contribution in [0.1, 0.15) is 27.6 Å². The molecule has 0 aliphatic heterocycles. The maximum atomic E-state index is 11.9. The molecule has 1 aromatic heterocycles. The lowest BCUT2D eigenvalue weighted by molar-refractivity contribution is 0.101. The zero-order chi connectivity index (χ0) is 13.8. The van der Waals surface area contributed by atoms with Gasteiger partial charge < -0.3 is 5.32 Å². The van der Waals surface area contributed by atoms with Crippen LogP contribution in [0.4, 0.5) is 5.69 Å². The molecule has 0 fully saturated rings. The molecular formula is C14H11ClN2O2. The Morgan fingerprint density at radius 3 is 2.21 bits per heavy atom. The summed E-state index contributed by atoms with van der Waals surface area (Å²) in [6.07, 6.45) is 1.40. The molecule has 0 saturated carbocycles. The number of halogens is 1. The second-order valence-electron chi connectivity index (χ2n) is 3.96. The van der Waals surface area contributed by atoms with Crippen molar-refractivity contribution < 1.29 is 9.59 Å². The minimum absolute atomic E-state index is 0.0141. The first-order valence-electron chi connectivity index (χ1n) is 5.60. The summed E-state index contributed by atoms with van der Waals surface area (Å²) >= 11 is 5.65. The highest BCUT2D eigenvalue weighted by Gasteiger charge is 2.07. The number of nitrogens with one attached hydrogen (secondary N) is 1. The number of ketones is 1. The van der Waals surface area contributed by atoms with Gasteiger partial charge in [0, 0.05) is 17.4 Å². The van der Waals surface area contributed by atoms with E-state index in [1.807, 2.05) is 0 Å². The highest BCUT2D eigenvalue weighted by atomic mass is 35.5. The summed E-state index contributed by atoms with van der Waals surface area (Å²) in [5, 5.41) is 3.05. The molecule has 19 heavy (non-hydrogen) atoms. The number of anilines is 1. The lowest BCUT2D eigenvalue weighted by atomic mass is 10.1. The molecule has 0 aliphatic rings. The van der Waals surface area contributed by atoms with Gasteiger partial charge in [-0.2, -0.15) is 0 Å². The van der Waals surface area contributed by atoms with Crippen LogP contribution in [0.5, 0.6) is 0 Å². The molecular weight excluding hydrogens is 264 g/mol. The van der Waals surface area contributed by atoms with Gasteiger partial charge in [-0.05, 0) is 43.3 Å². The molecule has 4 nitrogen and oxygen atoms in total. The van der Waals surface area contributed by atoms with E-state index in [1.165, 1.54) is 13.1 Å². The van der Waals surface area contributed by atoms with Gasteiger partial charge in [0.1, 0.15) is 5.15 Å². The van der Waals surface area contributed by atoms with Crippen molar-refractivity contribution in [3.8, 4) is 0 Å². The van der Waals surface area contributed by atoms with Crippen molar-refractivity contribution >= 4 is 29.0 Å². The summed E-state index contributed by atoms with van der Waals surface area (Å²) in [4.78, 5) is 26.8. The Bertz CT molecular complexity index is 606. The number of benzene rings is 1. The Morgan fingerprint density at radius 1 is 1.05 bits per heavy atom. The Morgan fingerprint density at radius 2 is 1.68 bits per heavy atom. The lowest BCUT2D eigenvalue weighted by Gasteiger charge is -2.05. The van der Waals surface area contributed by atoms with Gasteiger partial charge in [0.2, 0.25) is 0 Å². The number of nitrogens with zero attached hydrogens (tertiary/aromatic N) is 1. The predicted molar refractivity (Wildman–Crippen MR) is 73.6 cm³/mol. The third-order valence-electron chi connectivity index (χ3n) is 2.54. The molecule has 0 atom stereocenters. The van der Waals surface area contributed by atoms with E-state index in [4.69, 9.17) is 11.6 Å². The van der Waals surface area contributed by atoms with Crippen molar-refractivity contribution in [3.63, 3.8) is 0 Å². The summed E-state index contributed by atoms with van der Waals surface area (Å²) in [5.74, 6) is -0.292. The average molecular weight is 275 g/mol. The fourth-order valence-corrected chi connectivity index (χ4v) is 1.61. The quantitative estimate of drug-likeness (QED) is 0.691. The van der Waals surface area contributed by atoms with Gasteiger partial charge in [-0.15, -0.1) is 0 Å². The second-order valence-corrected chi connectivity index (χ2v) is 4.34. The van der Waals surface area contributed by atoms with Crippen molar-refractivity contribution in [1.82, 2.24) is 4.98 Å². The largest absolute Gasteiger partial charge is 0.322 e. The molecule has 0 spiro atoms. The zero-order valence-corrected chi connectivity index (χ0v) is 10.9. The van der Waals surface area contributed by atoms with E-state index in [2.05, 4.69) is 10.3 Å². The number of amides is 1.